The van der Waals surface area contributed by atoms with Gasteiger partial charge in [0, 0.05) is 17.1 Å². The molecule has 1 aromatic carbocycles. The van der Waals surface area contributed by atoms with Gasteiger partial charge in [-0.2, -0.15) is 0 Å². The highest BCUT2D eigenvalue weighted by Crippen LogP contribution is 2.30. The number of ether oxygens (including phenoxy) is 1. The van der Waals surface area contributed by atoms with Crippen molar-refractivity contribution < 1.29 is 4.74 Å². The van der Waals surface area contributed by atoms with Gasteiger partial charge in [0.25, 0.3) is 0 Å². The van der Waals surface area contributed by atoms with Gasteiger partial charge in [0.15, 0.2) is 0 Å². The zero-order chi connectivity index (χ0) is 9.26. The van der Waals surface area contributed by atoms with E-state index in [0.717, 1.165) is 24.2 Å². The van der Waals surface area contributed by atoms with E-state index in [1.807, 2.05) is 18.2 Å². The molecule has 0 atom stereocenters. The van der Waals surface area contributed by atoms with Gasteiger partial charge in [0.1, 0.15) is 5.75 Å². The van der Waals surface area contributed by atoms with Gasteiger partial charge in [-0.25, -0.2) is 0 Å². The first kappa shape index (κ1) is 8.85. The van der Waals surface area contributed by atoms with Gasteiger partial charge in [-0.05, 0) is 31.0 Å². The minimum absolute atomic E-state index is 0.409. The van der Waals surface area contributed by atoms with Crippen LogP contribution < -0.4 is 10.5 Å². The van der Waals surface area contributed by atoms with Crippen molar-refractivity contribution in [3.05, 3.63) is 28.8 Å². The van der Waals surface area contributed by atoms with Crippen molar-refractivity contribution in [1.82, 2.24) is 0 Å². The van der Waals surface area contributed by atoms with Crippen molar-refractivity contribution in [3.8, 4) is 5.75 Å². The van der Waals surface area contributed by atoms with Gasteiger partial charge >= 0.3 is 0 Å². The standard InChI is InChI=1S/C10H12ClNO/c11-8-1-4-10(7(5-8)6-12)13-9-2-3-9/h1,4-5,9H,2-3,6,12H2. The SMILES string of the molecule is NCc1cc(Cl)ccc1OC1CC1. The second kappa shape index (κ2) is 3.56. The van der Waals surface area contributed by atoms with Crippen LogP contribution in [0.25, 0.3) is 0 Å². The predicted octanol–water partition coefficient (Wildman–Crippen LogP) is 2.34. The van der Waals surface area contributed by atoms with Gasteiger partial charge in [0.05, 0.1) is 6.10 Å². The minimum atomic E-state index is 0.409. The van der Waals surface area contributed by atoms with Crippen molar-refractivity contribution in [1.29, 1.82) is 0 Å². The number of nitrogens with two attached hydrogens (primary N) is 1. The molecule has 0 saturated heterocycles. The summed E-state index contributed by atoms with van der Waals surface area (Å²) in [5.41, 5.74) is 6.56. The Morgan fingerprint density at radius 3 is 2.85 bits per heavy atom. The van der Waals surface area contributed by atoms with Crippen molar-refractivity contribution in [3.63, 3.8) is 0 Å². The molecule has 1 saturated carbocycles. The quantitative estimate of drug-likeness (QED) is 0.808. The molecule has 0 aromatic heterocycles. The average Bonchev–Trinajstić information content (AvgIpc) is 2.92. The van der Waals surface area contributed by atoms with Crippen LogP contribution in [-0.2, 0) is 6.54 Å². The van der Waals surface area contributed by atoms with Gasteiger partial charge in [0.2, 0.25) is 0 Å². The molecule has 2 rings (SSSR count). The lowest BCUT2D eigenvalue weighted by atomic mass is 10.2. The van der Waals surface area contributed by atoms with Gasteiger partial charge in [-0.15, -0.1) is 0 Å². The maximum absolute atomic E-state index is 5.84. The normalized spacial score (nSPS) is 15.8. The van der Waals surface area contributed by atoms with Crippen LogP contribution in [-0.4, -0.2) is 6.10 Å². The van der Waals surface area contributed by atoms with Gasteiger partial charge < -0.3 is 10.5 Å². The first-order valence-electron chi connectivity index (χ1n) is 4.45. The highest BCUT2D eigenvalue weighted by molar-refractivity contribution is 6.30. The summed E-state index contributed by atoms with van der Waals surface area (Å²) in [7, 11) is 0. The molecule has 13 heavy (non-hydrogen) atoms. The van der Waals surface area contributed by atoms with E-state index in [4.69, 9.17) is 22.1 Å². The number of benzene rings is 1. The Hall–Kier alpha value is -0.730. The predicted molar refractivity (Wildman–Crippen MR) is 53.0 cm³/mol. The summed E-state index contributed by atoms with van der Waals surface area (Å²) >= 11 is 5.84. The fourth-order valence-corrected chi connectivity index (χ4v) is 1.38. The van der Waals surface area contributed by atoms with Crippen LogP contribution in [0.4, 0.5) is 0 Å². The van der Waals surface area contributed by atoms with E-state index in [-0.39, 0.29) is 0 Å². The zero-order valence-electron chi connectivity index (χ0n) is 7.29. The van der Waals surface area contributed by atoms with Crippen molar-refractivity contribution >= 4 is 11.6 Å². The summed E-state index contributed by atoms with van der Waals surface area (Å²) in [6.45, 7) is 0.475. The Balaban J connectivity index is 2.21. The second-order valence-electron chi connectivity index (χ2n) is 3.27. The van der Waals surface area contributed by atoms with E-state index >= 15 is 0 Å². The van der Waals surface area contributed by atoms with Gasteiger partial charge in [-0.1, -0.05) is 11.6 Å². The lowest BCUT2D eigenvalue weighted by molar-refractivity contribution is 0.300. The van der Waals surface area contributed by atoms with Gasteiger partial charge in [-0.3, -0.25) is 0 Å². The summed E-state index contributed by atoms with van der Waals surface area (Å²) in [6.07, 6.45) is 2.73. The lowest BCUT2D eigenvalue weighted by Gasteiger charge is -2.09. The molecule has 0 amide bonds. The molecule has 0 spiro atoms. The largest absolute Gasteiger partial charge is 0.490 e. The van der Waals surface area contributed by atoms with E-state index in [0.29, 0.717) is 17.7 Å². The third-order valence-electron chi connectivity index (χ3n) is 2.06. The summed E-state index contributed by atoms with van der Waals surface area (Å²) < 4.78 is 5.66. The van der Waals surface area contributed by atoms with Crippen LogP contribution >= 0.6 is 11.6 Å². The van der Waals surface area contributed by atoms with Crippen LogP contribution in [0.3, 0.4) is 0 Å². The monoisotopic (exact) mass is 197 g/mol. The summed E-state index contributed by atoms with van der Waals surface area (Å²) in [5, 5.41) is 0.712. The minimum Gasteiger partial charge on any atom is -0.490 e. The molecule has 0 bridgehead atoms. The van der Waals surface area contributed by atoms with Crippen LogP contribution in [0.2, 0.25) is 5.02 Å². The van der Waals surface area contributed by atoms with Crippen molar-refractivity contribution in [2.75, 3.05) is 0 Å². The van der Waals surface area contributed by atoms with Crippen molar-refractivity contribution in [2.24, 2.45) is 5.73 Å². The maximum Gasteiger partial charge on any atom is 0.124 e. The first-order chi connectivity index (χ1) is 6.29. The molecule has 3 heteroatoms. The molecule has 70 valence electrons. The number of hydrogen-bond donors (Lipinski definition) is 1. The molecule has 1 fully saturated rings. The van der Waals surface area contributed by atoms with Crippen LogP contribution in [0.1, 0.15) is 18.4 Å². The van der Waals surface area contributed by atoms with E-state index < -0.39 is 0 Å². The molecular formula is C10H12ClNO. The number of halogens is 1. The Bertz CT molecular complexity index is 310. The fourth-order valence-electron chi connectivity index (χ4n) is 1.19. The van der Waals surface area contributed by atoms with E-state index in [9.17, 15) is 0 Å². The smallest absolute Gasteiger partial charge is 0.124 e. The van der Waals surface area contributed by atoms with Crippen LogP contribution in [0.15, 0.2) is 18.2 Å². The molecule has 1 aliphatic carbocycles. The first-order valence-corrected chi connectivity index (χ1v) is 4.82. The molecule has 1 aromatic rings. The lowest BCUT2D eigenvalue weighted by Crippen LogP contribution is -2.03. The third kappa shape index (κ3) is 2.14. The van der Waals surface area contributed by atoms with E-state index in [2.05, 4.69) is 0 Å². The molecule has 0 heterocycles. The van der Waals surface area contributed by atoms with Crippen molar-refractivity contribution in [2.45, 2.75) is 25.5 Å². The van der Waals surface area contributed by atoms with E-state index in [1.54, 1.807) is 0 Å². The molecule has 1 aliphatic rings. The Morgan fingerprint density at radius 2 is 2.23 bits per heavy atom. The summed E-state index contributed by atoms with van der Waals surface area (Å²) in [4.78, 5) is 0. The molecule has 0 aliphatic heterocycles. The topological polar surface area (TPSA) is 35.2 Å². The molecular weight excluding hydrogens is 186 g/mol. The fraction of sp³-hybridized carbons (Fsp3) is 0.400. The second-order valence-corrected chi connectivity index (χ2v) is 3.71. The Labute approximate surface area is 82.6 Å². The highest BCUT2D eigenvalue weighted by atomic mass is 35.5. The molecule has 0 radical (unpaired) electrons. The van der Waals surface area contributed by atoms with Crippen LogP contribution in [0, 0.1) is 0 Å². The Kier molecular flexibility index (Phi) is 2.42. The zero-order valence-corrected chi connectivity index (χ0v) is 8.05. The third-order valence-corrected chi connectivity index (χ3v) is 2.30. The molecule has 2 nitrogen and oxygen atoms in total. The van der Waals surface area contributed by atoms with E-state index in [1.165, 1.54) is 0 Å². The highest BCUT2D eigenvalue weighted by Gasteiger charge is 2.24. The number of hydrogen-bond acceptors (Lipinski definition) is 2. The average molecular weight is 198 g/mol. The Morgan fingerprint density at radius 1 is 1.46 bits per heavy atom. The summed E-state index contributed by atoms with van der Waals surface area (Å²) in [6, 6.07) is 5.58. The number of rotatable bonds is 3. The maximum atomic E-state index is 5.84. The van der Waals surface area contributed by atoms with Crippen LogP contribution in [0.5, 0.6) is 5.75 Å². The molecule has 2 N–H and O–H groups in total. The molecule has 0 unspecified atom stereocenters. The summed E-state index contributed by atoms with van der Waals surface area (Å²) in [5.74, 6) is 0.884.